The van der Waals surface area contributed by atoms with Crippen molar-refractivity contribution in [2.24, 2.45) is 0 Å². The molecule has 0 aliphatic rings. The van der Waals surface area contributed by atoms with Crippen LogP contribution >= 0.6 is 0 Å². The van der Waals surface area contributed by atoms with Crippen LogP contribution in [0.4, 0.5) is 0 Å². The van der Waals surface area contributed by atoms with Crippen LogP contribution < -0.4 is 0 Å². The van der Waals surface area contributed by atoms with E-state index in [-0.39, 0.29) is 19.1 Å². The first-order valence-electron chi connectivity index (χ1n) is 4.60. The fraction of sp³-hybridized carbons (Fsp3) is 0.273. The molecule has 1 aromatic rings. The van der Waals surface area contributed by atoms with Crippen molar-refractivity contribution in [1.82, 2.24) is 4.90 Å². The van der Waals surface area contributed by atoms with E-state index in [2.05, 4.69) is 0 Å². The standard InChI is InChI=1S/C11H13NO3/c1-12(5-6-13)11(15)10-4-2-3-9(7-10)8-14/h2-4,7-8,13H,5-6H2,1H3. The number of amides is 1. The summed E-state index contributed by atoms with van der Waals surface area (Å²) in [6, 6.07) is 6.46. The lowest BCUT2D eigenvalue weighted by molar-refractivity contribution is 0.0767. The minimum atomic E-state index is -0.201. The summed E-state index contributed by atoms with van der Waals surface area (Å²) in [5, 5.41) is 8.68. The average Bonchev–Trinajstić information content (AvgIpc) is 2.28. The van der Waals surface area contributed by atoms with Crippen molar-refractivity contribution in [2.75, 3.05) is 20.2 Å². The molecule has 0 heterocycles. The summed E-state index contributed by atoms with van der Waals surface area (Å²) in [5.74, 6) is -0.201. The zero-order chi connectivity index (χ0) is 11.3. The molecule has 0 spiro atoms. The SMILES string of the molecule is CN(CCO)C(=O)c1cccc(C=O)c1. The van der Waals surface area contributed by atoms with Crippen LogP contribution in [0.2, 0.25) is 0 Å². The zero-order valence-electron chi connectivity index (χ0n) is 8.51. The van der Waals surface area contributed by atoms with Crippen molar-refractivity contribution < 1.29 is 14.7 Å². The van der Waals surface area contributed by atoms with Crippen LogP contribution in [0.5, 0.6) is 0 Å². The Kier molecular flexibility index (Phi) is 4.00. The summed E-state index contributed by atoms with van der Waals surface area (Å²) in [4.78, 5) is 23.6. The lowest BCUT2D eigenvalue weighted by Crippen LogP contribution is -2.29. The van der Waals surface area contributed by atoms with Gasteiger partial charge in [-0.3, -0.25) is 9.59 Å². The lowest BCUT2D eigenvalue weighted by Gasteiger charge is -2.15. The van der Waals surface area contributed by atoms with Gasteiger partial charge in [-0.25, -0.2) is 0 Å². The number of carbonyl (C=O) groups excluding carboxylic acids is 2. The van der Waals surface area contributed by atoms with Gasteiger partial charge in [-0.05, 0) is 12.1 Å². The van der Waals surface area contributed by atoms with Crippen LogP contribution in [0, 0.1) is 0 Å². The van der Waals surface area contributed by atoms with Gasteiger partial charge in [-0.15, -0.1) is 0 Å². The number of likely N-dealkylation sites (N-methyl/N-ethyl adjacent to an activating group) is 1. The Balaban J connectivity index is 2.85. The van der Waals surface area contributed by atoms with Gasteiger partial charge in [-0.2, -0.15) is 0 Å². The van der Waals surface area contributed by atoms with Crippen LogP contribution in [0.3, 0.4) is 0 Å². The maximum atomic E-state index is 11.7. The molecule has 15 heavy (non-hydrogen) atoms. The molecular weight excluding hydrogens is 194 g/mol. The molecule has 0 atom stereocenters. The molecule has 1 amide bonds. The van der Waals surface area contributed by atoms with Crippen molar-refractivity contribution in [3.05, 3.63) is 35.4 Å². The van der Waals surface area contributed by atoms with Crippen molar-refractivity contribution in [3.8, 4) is 0 Å². The normalized spacial score (nSPS) is 9.73. The Morgan fingerprint density at radius 1 is 1.53 bits per heavy atom. The minimum Gasteiger partial charge on any atom is -0.395 e. The van der Waals surface area contributed by atoms with Gasteiger partial charge < -0.3 is 10.0 Å². The first-order valence-corrected chi connectivity index (χ1v) is 4.60. The molecule has 4 nitrogen and oxygen atoms in total. The van der Waals surface area contributed by atoms with Gasteiger partial charge in [0.05, 0.1) is 6.61 Å². The molecule has 80 valence electrons. The molecule has 0 saturated heterocycles. The molecule has 0 aliphatic carbocycles. The second-order valence-corrected chi connectivity index (χ2v) is 3.19. The van der Waals surface area contributed by atoms with E-state index >= 15 is 0 Å². The number of aldehydes is 1. The first-order chi connectivity index (χ1) is 7.19. The van der Waals surface area contributed by atoms with Crippen LogP contribution in [0.25, 0.3) is 0 Å². The topological polar surface area (TPSA) is 57.6 Å². The van der Waals surface area contributed by atoms with Crippen molar-refractivity contribution in [2.45, 2.75) is 0 Å². The van der Waals surface area contributed by atoms with Crippen molar-refractivity contribution in [3.63, 3.8) is 0 Å². The molecule has 4 heteroatoms. The smallest absolute Gasteiger partial charge is 0.253 e. The Morgan fingerprint density at radius 3 is 2.87 bits per heavy atom. The van der Waals surface area contributed by atoms with E-state index < -0.39 is 0 Å². The highest BCUT2D eigenvalue weighted by Gasteiger charge is 2.10. The number of hydrogen-bond acceptors (Lipinski definition) is 3. The van der Waals surface area contributed by atoms with Crippen molar-refractivity contribution >= 4 is 12.2 Å². The summed E-state index contributed by atoms with van der Waals surface area (Å²) in [7, 11) is 1.60. The summed E-state index contributed by atoms with van der Waals surface area (Å²) >= 11 is 0. The van der Waals surface area contributed by atoms with Gasteiger partial charge in [0.15, 0.2) is 0 Å². The molecule has 0 aromatic heterocycles. The quantitative estimate of drug-likeness (QED) is 0.734. The van der Waals surface area contributed by atoms with E-state index in [0.29, 0.717) is 17.4 Å². The third-order valence-electron chi connectivity index (χ3n) is 2.05. The van der Waals surface area contributed by atoms with Crippen LogP contribution in [0.1, 0.15) is 20.7 Å². The Labute approximate surface area is 88.1 Å². The molecule has 0 bridgehead atoms. The molecule has 0 saturated carbocycles. The number of rotatable bonds is 4. The van der Waals surface area contributed by atoms with E-state index in [9.17, 15) is 9.59 Å². The van der Waals surface area contributed by atoms with Gasteiger partial charge in [-0.1, -0.05) is 12.1 Å². The molecule has 0 aliphatic heterocycles. The summed E-state index contributed by atoms with van der Waals surface area (Å²) < 4.78 is 0. The summed E-state index contributed by atoms with van der Waals surface area (Å²) in [5.41, 5.74) is 0.925. The zero-order valence-corrected chi connectivity index (χ0v) is 8.51. The molecule has 0 radical (unpaired) electrons. The molecular formula is C11H13NO3. The van der Waals surface area contributed by atoms with E-state index in [1.165, 1.54) is 11.0 Å². The van der Waals surface area contributed by atoms with E-state index in [1.807, 2.05) is 0 Å². The highest BCUT2D eigenvalue weighted by Crippen LogP contribution is 2.06. The maximum absolute atomic E-state index is 11.7. The number of hydrogen-bond donors (Lipinski definition) is 1. The Bertz CT molecular complexity index is 363. The molecule has 0 unspecified atom stereocenters. The van der Waals surface area contributed by atoms with Crippen LogP contribution in [0.15, 0.2) is 24.3 Å². The molecule has 1 N–H and O–H groups in total. The molecule has 1 rings (SSSR count). The Hall–Kier alpha value is -1.68. The number of carbonyl (C=O) groups is 2. The van der Waals surface area contributed by atoms with E-state index in [4.69, 9.17) is 5.11 Å². The van der Waals surface area contributed by atoms with Gasteiger partial charge in [0.25, 0.3) is 5.91 Å². The lowest BCUT2D eigenvalue weighted by atomic mass is 10.1. The highest BCUT2D eigenvalue weighted by atomic mass is 16.3. The number of aliphatic hydroxyl groups excluding tert-OH is 1. The molecule has 1 aromatic carbocycles. The summed E-state index contributed by atoms with van der Waals surface area (Å²) in [6.45, 7) is 0.208. The van der Waals surface area contributed by atoms with Gasteiger partial charge in [0, 0.05) is 24.7 Å². The summed E-state index contributed by atoms with van der Waals surface area (Å²) in [6.07, 6.45) is 0.697. The highest BCUT2D eigenvalue weighted by molar-refractivity contribution is 5.95. The average molecular weight is 207 g/mol. The predicted octanol–water partition coefficient (Wildman–Crippen LogP) is 0.563. The van der Waals surface area contributed by atoms with Crippen LogP contribution in [-0.4, -0.2) is 42.4 Å². The monoisotopic (exact) mass is 207 g/mol. The first kappa shape index (κ1) is 11.4. The minimum absolute atomic E-state index is 0.0738. The van der Waals surface area contributed by atoms with Crippen LogP contribution in [-0.2, 0) is 0 Å². The fourth-order valence-electron chi connectivity index (χ4n) is 1.22. The predicted molar refractivity (Wildman–Crippen MR) is 55.9 cm³/mol. The number of benzene rings is 1. The third-order valence-corrected chi connectivity index (χ3v) is 2.05. The Morgan fingerprint density at radius 2 is 2.27 bits per heavy atom. The second kappa shape index (κ2) is 5.26. The maximum Gasteiger partial charge on any atom is 0.253 e. The fourth-order valence-corrected chi connectivity index (χ4v) is 1.22. The van der Waals surface area contributed by atoms with E-state index in [1.54, 1.807) is 25.2 Å². The molecule has 0 fully saturated rings. The van der Waals surface area contributed by atoms with E-state index in [0.717, 1.165) is 0 Å². The van der Waals surface area contributed by atoms with Gasteiger partial charge in [0.2, 0.25) is 0 Å². The second-order valence-electron chi connectivity index (χ2n) is 3.19. The largest absolute Gasteiger partial charge is 0.395 e. The number of aliphatic hydroxyl groups is 1. The van der Waals surface area contributed by atoms with Gasteiger partial charge >= 0.3 is 0 Å². The number of nitrogens with zero attached hydrogens (tertiary/aromatic N) is 1. The van der Waals surface area contributed by atoms with Crippen molar-refractivity contribution in [1.29, 1.82) is 0 Å². The van der Waals surface area contributed by atoms with Gasteiger partial charge in [0.1, 0.15) is 6.29 Å². The third kappa shape index (κ3) is 2.89.